The van der Waals surface area contributed by atoms with Gasteiger partial charge in [0.2, 0.25) is 0 Å². The highest BCUT2D eigenvalue weighted by Gasteiger charge is 2.62. The van der Waals surface area contributed by atoms with E-state index in [0.29, 0.717) is 37.5 Å². The number of carbonyl (C=O) groups excluding carboxylic acids is 1. The summed E-state index contributed by atoms with van der Waals surface area (Å²) in [5.74, 6) is -0.181. The van der Waals surface area contributed by atoms with Crippen LogP contribution in [0.2, 0.25) is 0 Å². The largest absolute Gasteiger partial charge is 0.393 e. The molecular formula is C21H32O4. The van der Waals surface area contributed by atoms with E-state index in [-0.39, 0.29) is 28.4 Å². The fourth-order valence-corrected chi connectivity index (χ4v) is 7.43. The summed E-state index contributed by atoms with van der Waals surface area (Å²) in [5, 5.41) is 31.4. The molecule has 0 amide bonds. The molecule has 0 saturated heterocycles. The molecule has 0 spiro atoms. The van der Waals surface area contributed by atoms with Gasteiger partial charge in [0.15, 0.2) is 5.79 Å². The number of hydrogen-bond donors (Lipinski definition) is 3. The number of ketones is 1. The zero-order valence-electron chi connectivity index (χ0n) is 15.7. The SMILES string of the molecule is CC(=O)[C@H]1CCC2C3CC=C4CC(O)(O)CCC4(C)C3C(O)CC21C. The lowest BCUT2D eigenvalue weighted by Gasteiger charge is -2.60. The van der Waals surface area contributed by atoms with Crippen LogP contribution in [0.25, 0.3) is 0 Å². The topological polar surface area (TPSA) is 77.8 Å². The minimum absolute atomic E-state index is 0.0828. The van der Waals surface area contributed by atoms with Crippen LogP contribution in [0.4, 0.5) is 0 Å². The molecule has 0 heterocycles. The van der Waals surface area contributed by atoms with Crippen molar-refractivity contribution in [2.45, 2.75) is 77.6 Å². The Hall–Kier alpha value is -0.710. The highest BCUT2D eigenvalue weighted by Crippen LogP contribution is 2.66. The number of hydrogen-bond acceptors (Lipinski definition) is 4. The van der Waals surface area contributed by atoms with Crippen molar-refractivity contribution >= 4 is 5.78 Å². The van der Waals surface area contributed by atoms with Gasteiger partial charge in [0, 0.05) is 18.8 Å². The molecule has 25 heavy (non-hydrogen) atoms. The third-order valence-electron chi connectivity index (χ3n) is 8.57. The third kappa shape index (κ3) is 2.40. The van der Waals surface area contributed by atoms with Crippen LogP contribution in [0, 0.1) is 34.5 Å². The van der Waals surface area contributed by atoms with Crippen LogP contribution in [0.15, 0.2) is 11.6 Å². The maximum absolute atomic E-state index is 12.2. The molecule has 0 aromatic heterocycles. The molecule has 0 aromatic carbocycles. The van der Waals surface area contributed by atoms with Crippen molar-refractivity contribution in [3.63, 3.8) is 0 Å². The predicted octanol–water partition coefficient (Wildman–Crippen LogP) is 2.81. The van der Waals surface area contributed by atoms with Crippen LogP contribution in [0.5, 0.6) is 0 Å². The van der Waals surface area contributed by atoms with Crippen molar-refractivity contribution in [2.24, 2.45) is 34.5 Å². The van der Waals surface area contributed by atoms with Crippen LogP contribution in [-0.4, -0.2) is 33.0 Å². The number of fused-ring (bicyclic) bond motifs is 5. The Balaban J connectivity index is 1.71. The van der Waals surface area contributed by atoms with Crippen molar-refractivity contribution in [2.75, 3.05) is 0 Å². The summed E-state index contributed by atoms with van der Waals surface area (Å²) in [6.45, 7) is 6.15. The van der Waals surface area contributed by atoms with Gasteiger partial charge in [-0.05, 0) is 67.6 Å². The Labute approximate surface area is 150 Å². The lowest BCUT2D eigenvalue weighted by Crippen LogP contribution is -2.57. The Morgan fingerprint density at radius 3 is 2.60 bits per heavy atom. The van der Waals surface area contributed by atoms with Gasteiger partial charge in [-0.2, -0.15) is 0 Å². The van der Waals surface area contributed by atoms with Crippen molar-refractivity contribution in [3.8, 4) is 0 Å². The summed E-state index contributed by atoms with van der Waals surface area (Å²) in [4.78, 5) is 12.2. The highest BCUT2D eigenvalue weighted by atomic mass is 16.5. The van der Waals surface area contributed by atoms with Gasteiger partial charge in [0.1, 0.15) is 5.78 Å². The Morgan fingerprint density at radius 1 is 1.20 bits per heavy atom. The van der Waals surface area contributed by atoms with Gasteiger partial charge >= 0.3 is 0 Å². The molecule has 3 fully saturated rings. The zero-order chi connectivity index (χ0) is 18.2. The summed E-state index contributed by atoms with van der Waals surface area (Å²) >= 11 is 0. The number of carbonyl (C=O) groups is 1. The number of allylic oxidation sites excluding steroid dienone is 1. The summed E-state index contributed by atoms with van der Waals surface area (Å²) in [7, 11) is 0. The number of Topliss-reactive ketones (excluding diaryl/α,β-unsaturated/α-hetero) is 1. The number of aliphatic hydroxyl groups is 3. The van der Waals surface area contributed by atoms with Gasteiger partial charge in [-0.1, -0.05) is 25.5 Å². The third-order valence-corrected chi connectivity index (χ3v) is 8.57. The molecule has 6 unspecified atom stereocenters. The quantitative estimate of drug-likeness (QED) is 0.503. The van der Waals surface area contributed by atoms with Crippen molar-refractivity contribution in [1.82, 2.24) is 0 Å². The lowest BCUT2D eigenvalue weighted by molar-refractivity contribution is -0.197. The predicted molar refractivity (Wildman–Crippen MR) is 94.4 cm³/mol. The van der Waals surface area contributed by atoms with Gasteiger partial charge in [-0.25, -0.2) is 0 Å². The van der Waals surface area contributed by atoms with E-state index in [2.05, 4.69) is 19.9 Å². The molecule has 140 valence electrons. The van der Waals surface area contributed by atoms with Crippen LogP contribution < -0.4 is 0 Å². The summed E-state index contributed by atoms with van der Waals surface area (Å²) < 4.78 is 0. The molecule has 4 aliphatic carbocycles. The van der Waals surface area contributed by atoms with E-state index in [1.807, 2.05) is 0 Å². The minimum Gasteiger partial charge on any atom is -0.393 e. The van der Waals surface area contributed by atoms with E-state index < -0.39 is 11.9 Å². The second-order valence-electron chi connectivity index (χ2n) is 9.86. The monoisotopic (exact) mass is 348 g/mol. The van der Waals surface area contributed by atoms with E-state index >= 15 is 0 Å². The van der Waals surface area contributed by atoms with Gasteiger partial charge in [-0.15, -0.1) is 0 Å². The molecule has 7 atom stereocenters. The van der Waals surface area contributed by atoms with Crippen LogP contribution in [0.1, 0.15) is 65.7 Å². The molecule has 4 heteroatoms. The summed E-state index contributed by atoms with van der Waals surface area (Å²) in [6, 6.07) is 0. The van der Waals surface area contributed by atoms with E-state index in [1.165, 1.54) is 0 Å². The maximum atomic E-state index is 12.2. The molecule has 3 N–H and O–H groups in total. The van der Waals surface area contributed by atoms with Crippen molar-refractivity contribution < 1.29 is 20.1 Å². The highest BCUT2D eigenvalue weighted by molar-refractivity contribution is 5.79. The molecule has 4 rings (SSSR count). The standard InChI is InChI=1S/C21H32O4/c1-12(22)15-6-7-16-14-5-4-13-10-21(24,25)9-8-19(13,2)18(14)17(23)11-20(15,16)3/h4,14-18,23-25H,5-11H2,1-3H3/t14?,15-,16?,17?,18?,19?,20?/m1/s1. The molecule has 3 saturated carbocycles. The first-order chi connectivity index (χ1) is 11.6. The van der Waals surface area contributed by atoms with Gasteiger partial charge < -0.3 is 15.3 Å². The fraction of sp³-hybridized carbons (Fsp3) is 0.857. The Bertz CT molecular complexity index is 623. The molecule has 0 bridgehead atoms. The average Bonchev–Trinajstić information content (AvgIpc) is 2.84. The maximum Gasteiger partial charge on any atom is 0.166 e. The second kappa shape index (κ2) is 5.40. The van der Waals surface area contributed by atoms with Gasteiger partial charge in [0.05, 0.1) is 6.10 Å². The lowest BCUT2D eigenvalue weighted by atomic mass is 9.46. The second-order valence-corrected chi connectivity index (χ2v) is 9.86. The van der Waals surface area contributed by atoms with E-state index in [1.54, 1.807) is 6.92 Å². The van der Waals surface area contributed by atoms with Crippen LogP contribution in [0.3, 0.4) is 0 Å². The average molecular weight is 348 g/mol. The van der Waals surface area contributed by atoms with Crippen LogP contribution in [-0.2, 0) is 4.79 Å². The van der Waals surface area contributed by atoms with E-state index in [9.17, 15) is 20.1 Å². The first-order valence-corrected chi connectivity index (χ1v) is 9.91. The first kappa shape index (κ1) is 17.7. The molecule has 4 aliphatic rings. The van der Waals surface area contributed by atoms with E-state index in [4.69, 9.17) is 0 Å². The zero-order valence-corrected chi connectivity index (χ0v) is 15.7. The van der Waals surface area contributed by atoms with Gasteiger partial charge in [0.25, 0.3) is 0 Å². The summed E-state index contributed by atoms with van der Waals surface area (Å²) in [6.07, 6.45) is 6.83. The van der Waals surface area contributed by atoms with Crippen LogP contribution >= 0.6 is 0 Å². The Morgan fingerprint density at radius 2 is 1.92 bits per heavy atom. The van der Waals surface area contributed by atoms with E-state index in [0.717, 1.165) is 24.8 Å². The number of rotatable bonds is 1. The number of aliphatic hydroxyl groups excluding tert-OH is 1. The molecular weight excluding hydrogens is 316 g/mol. The molecule has 0 radical (unpaired) electrons. The normalized spacial score (nSPS) is 51.1. The smallest absolute Gasteiger partial charge is 0.166 e. The molecule has 0 aliphatic heterocycles. The first-order valence-electron chi connectivity index (χ1n) is 9.91. The van der Waals surface area contributed by atoms with Crippen molar-refractivity contribution in [3.05, 3.63) is 11.6 Å². The molecule has 0 aromatic rings. The molecule has 4 nitrogen and oxygen atoms in total. The summed E-state index contributed by atoms with van der Waals surface area (Å²) in [5.41, 5.74) is 0.890. The Kier molecular flexibility index (Phi) is 3.82. The minimum atomic E-state index is -1.60. The van der Waals surface area contributed by atoms with Crippen molar-refractivity contribution in [1.29, 1.82) is 0 Å². The fourth-order valence-electron chi connectivity index (χ4n) is 7.43. The van der Waals surface area contributed by atoms with Gasteiger partial charge in [-0.3, -0.25) is 4.79 Å².